The molecule has 0 saturated carbocycles. The predicted molar refractivity (Wildman–Crippen MR) is 128 cm³/mol. The summed E-state index contributed by atoms with van der Waals surface area (Å²) in [5.41, 5.74) is 0.844. The van der Waals surface area contributed by atoms with E-state index in [1.165, 1.54) is 24.3 Å². The molecular formula is C26H28N2O6. The second-order valence-electron chi connectivity index (χ2n) is 7.16. The summed E-state index contributed by atoms with van der Waals surface area (Å²) in [5.74, 6) is 1.27. The molecular weight excluding hydrogens is 436 g/mol. The first kappa shape index (κ1) is 24.4. The van der Waals surface area contributed by atoms with Crippen molar-refractivity contribution in [3.05, 3.63) is 83.9 Å². The van der Waals surface area contributed by atoms with Gasteiger partial charge in [0.25, 0.3) is 11.8 Å². The molecule has 8 heteroatoms. The molecule has 0 fully saturated rings. The average molecular weight is 465 g/mol. The number of hydrogen-bond acceptors (Lipinski definition) is 6. The van der Waals surface area contributed by atoms with E-state index in [1.54, 1.807) is 18.2 Å². The Bertz CT molecular complexity index is 1070. The zero-order valence-electron chi connectivity index (χ0n) is 19.0. The van der Waals surface area contributed by atoms with Crippen molar-refractivity contribution < 1.29 is 28.9 Å². The van der Waals surface area contributed by atoms with Gasteiger partial charge in [0.2, 0.25) is 0 Å². The number of carbonyl (C=O) groups excluding carboxylic acids is 2. The highest BCUT2D eigenvalue weighted by Gasteiger charge is 2.12. The van der Waals surface area contributed by atoms with Crippen molar-refractivity contribution in [1.29, 1.82) is 0 Å². The van der Waals surface area contributed by atoms with Crippen LogP contribution in [0.25, 0.3) is 0 Å². The van der Waals surface area contributed by atoms with E-state index in [9.17, 15) is 14.7 Å². The molecule has 178 valence electrons. The lowest BCUT2D eigenvalue weighted by molar-refractivity contribution is 0.0927. The van der Waals surface area contributed by atoms with Gasteiger partial charge >= 0.3 is 0 Å². The molecule has 8 nitrogen and oxygen atoms in total. The number of benzene rings is 3. The maximum Gasteiger partial charge on any atom is 0.251 e. The summed E-state index contributed by atoms with van der Waals surface area (Å²) < 4.78 is 17.0. The summed E-state index contributed by atoms with van der Waals surface area (Å²) in [6.07, 6.45) is 0. The van der Waals surface area contributed by atoms with Crippen LogP contribution >= 0.6 is 0 Å². The van der Waals surface area contributed by atoms with Gasteiger partial charge in [0.15, 0.2) is 11.5 Å². The minimum Gasteiger partial charge on any atom is -0.508 e. The summed E-state index contributed by atoms with van der Waals surface area (Å²) in [4.78, 5) is 24.6. The molecule has 0 saturated heterocycles. The molecule has 34 heavy (non-hydrogen) atoms. The van der Waals surface area contributed by atoms with Crippen LogP contribution in [0.3, 0.4) is 0 Å². The number of aromatic hydroxyl groups is 1. The van der Waals surface area contributed by atoms with E-state index in [0.29, 0.717) is 42.4 Å². The number of hydrogen-bond donors (Lipinski definition) is 3. The molecule has 0 radical (unpaired) electrons. The summed E-state index contributed by atoms with van der Waals surface area (Å²) in [6.45, 7) is 3.47. The summed E-state index contributed by atoms with van der Waals surface area (Å²) in [6, 6.07) is 20.4. The van der Waals surface area contributed by atoms with Gasteiger partial charge in [-0.05, 0) is 61.5 Å². The van der Waals surface area contributed by atoms with Crippen molar-refractivity contribution in [2.24, 2.45) is 0 Å². The van der Waals surface area contributed by atoms with Gasteiger partial charge in [0.05, 0.1) is 6.61 Å². The van der Waals surface area contributed by atoms with Crippen LogP contribution in [0.15, 0.2) is 72.8 Å². The maximum atomic E-state index is 12.5. The lowest BCUT2D eigenvalue weighted by atomic mass is 10.2. The van der Waals surface area contributed by atoms with E-state index in [1.807, 2.05) is 37.3 Å². The monoisotopic (exact) mass is 464 g/mol. The third-order valence-corrected chi connectivity index (χ3v) is 4.68. The lowest BCUT2D eigenvalue weighted by Gasteiger charge is -2.14. The maximum absolute atomic E-state index is 12.5. The van der Waals surface area contributed by atoms with Crippen LogP contribution in [0.5, 0.6) is 23.0 Å². The fourth-order valence-electron chi connectivity index (χ4n) is 3.03. The van der Waals surface area contributed by atoms with E-state index in [0.717, 1.165) is 5.75 Å². The largest absolute Gasteiger partial charge is 0.508 e. The normalized spacial score (nSPS) is 10.3. The Morgan fingerprint density at radius 3 is 2.03 bits per heavy atom. The first-order chi connectivity index (χ1) is 16.6. The van der Waals surface area contributed by atoms with E-state index in [2.05, 4.69) is 10.6 Å². The quantitative estimate of drug-likeness (QED) is 0.355. The number of phenols is 1. The van der Waals surface area contributed by atoms with Gasteiger partial charge in [-0.15, -0.1) is 0 Å². The fourth-order valence-corrected chi connectivity index (χ4v) is 3.03. The van der Waals surface area contributed by atoms with Crippen LogP contribution in [0, 0.1) is 0 Å². The fraction of sp³-hybridized carbons (Fsp3) is 0.231. The Morgan fingerprint density at radius 1 is 0.735 bits per heavy atom. The van der Waals surface area contributed by atoms with Gasteiger partial charge in [-0.25, -0.2) is 0 Å². The van der Waals surface area contributed by atoms with E-state index >= 15 is 0 Å². The highest BCUT2D eigenvalue weighted by molar-refractivity contribution is 5.95. The highest BCUT2D eigenvalue weighted by Crippen LogP contribution is 2.28. The third kappa shape index (κ3) is 7.44. The first-order valence-electron chi connectivity index (χ1n) is 11.0. The minimum absolute atomic E-state index is 0.0900. The Labute approximate surface area is 198 Å². The molecule has 0 bridgehead atoms. The molecule has 0 spiro atoms. The molecule has 3 aromatic rings. The minimum atomic E-state index is -0.293. The van der Waals surface area contributed by atoms with E-state index < -0.39 is 0 Å². The molecule has 3 N–H and O–H groups in total. The van der Waals surface area contributed by atoms with Gasteiger partial charge in [0, 0.05) is 24.2 Å². The Morgan fingerprint density at radius 2 is 1.35 bits per heavy atom. The van der Waals surface area contributed by atoms with Gasteiger partial charge in [0.1, 0.15) is 24.7 Å². The summed E-state index contributed by atoms with van der Waals surface area (Å²) >= 11 is 0. The van der Waals surface area contributed by atoms with Crippen LogP contribution in [0.1, 0.15) is 27.6 Å². The van der Waals surface area contributed by atoms with Crippen LogP contribution in [-0.2, 0) is 0 Å². The van der Waals surface area contributed by atoms with Crippen molar-refractivity contribution in [2.75, 3.05) is 32.9 Å². The topological polar surface area (TPSA) is 106 Å². The molecule has 0 unspecified atom stereocenters. The zero-order chi connectivity index (χ0) is 24.2. The Hall–Kier alpha value is -4.20. The van der Waals surface area contributed by atoms with Crippen molar-refractivity contribution in [3.63, 3.8) is 0 Å². The van der Waals surface area contributed by atoms with Crippen LogP contribution in [0.4, 0.5) is 0 Å². The van der Waals surface area contributed by atoms with Gasteiger partial charge in [-0.2, -0.15) is 0 Å². The first-order valence-corrected chi connectivity index (χ1v) is 11.0. The van der Waals surface area contributed by atoms with Crippen molar-refractivity contribution >= 4 is 11.8 Å². The van der Waals surface area contributed by atoms with E-state index in [-0.39, 0.29) is 30.7 Å². The molecule has 0 aliphatic heterocycles. The number of para-hydroxylation sites is 1. The highest BCUT2D eigenvalue weighted by atomic mass is 16.5. The molecule has 0 aromatic heterocycles. The van der Waals surface area contributed by atoms with Crippen molar-refractivity contribution in [2.45, 2.75) is 6.92 Å². The Kier molecular flexibility index (Phi) is 9.16. The van der Waals surface area contributed by atoms with Gasteiger partial charge < -0.3 is 30.0 Å². The zero-order valence-corrected chi connectivity index (χ0v) is 19.0. The number of amides is 2. The molecule has 3 aromatic carbocycles. The summed E-state index contributed by atoms with van der Waals surface area (Å²) in [5, 5.41) is 14.8. The second kappa shape index (κ2) is 12.7. The molecule has 0 aliphatic rings. The number of carbonyl (C=O) groups is 2. The molecule has 0 heterocycles. The number of ether oxygens (including phenoxy) is 3. The number of nitrogens with one attached hydrogen (secondary N) is 2. The average Bonchev–Trinajstić information content (AvgIpc) is 2.86. The molecule has 3 rings (SSSR count). The van der Waals surface area contributed by atoms with Crippen LogP contribution in [-0.4, -0.2) is 49.8 Å². The number of phenolic OH excluding ortho intramolecular Hbond substituents is 1. The number of rotatable bonds is 12. The second-order valence-corrected chi connectivity index (χ2v) is 7.16. The Balaban J connectivity index is 1.46. The van der Waals surface area contributed by atoms with Gasteiger partial charge in [-0.1, -0.05) is 18.2 Å². The molecule has 0 aliphatic carbocycles. The standard InChI is InChI=1S/C26H28N2O6/c1-2-32-24-18-20(10-13-23(24)34-17-16-33-22-6-4-3-5-7-22)26(31)28-15-14-27-25(30)19-8-11-21(29)12-9-19/h3-13,18,29H,2,14-17H2,1H3,(H,27,30)(H,28,31). The summed E-state index contributed by atoms with van der Waals surface area (Å²) in [7, 11) is 0. The molecule has 2 amide bonds. The van der Waals surface area contributed by atoms with Crippen LogP contribution in [0.2, 0.25) is 0 Å². The van der Waals surface area contributed by atoms with E-state index in [4.69, 9.17) is 14.2 Å². The van der Waals surface area contributed by atoms with Gasteiger partial charge in [-0.3, -0.25) is 9.59 Å². The van der Waals surface area contributed by atoms with Crippen molar-refractivity contribution in [1.82, 2.24) is 10.6 Å². The van der Waals surface area contributed by atoms with Crippen LogP contribution < -0.4 is 24.8 Å². The third-order valence-electron chi connectivity index (χ3n) is 4.68. The smallest absolute Gasteiger partial charge is 0.251 e. The molecule has 0 atom stereocenters. The lowest BCUT2D eigenvalue weighted by Crippen LogP contribution is -2.34. The predicted octanol–water partition coefficient (Wildman–Crippen LogP) is 3.41. The SMILES string of the molecule is CCOc1cc(C(=O)NCCNC(=O)c2ccc(O)cc2)ccc1OCCOc1ccccc1. The van der Waals surface area contributed by atoms with Crippen molar-refractivity contribution in [3.8, 4) is 23.0 Å².